The van der Waals surface area contributed by atoms with Crippen molar-refractivity contribution < 1.29 is 0 Å². The van der Waals surface area contributed by atoms with Crippen LogP contribution in [0.15, 0.2) is 12.4 Å². The molecule has 0 saturated carbocycles. The lowest BCUT2D eigenvalue weighted by atomic mass is 9.79. The molecule has 114 valence electrons. The highest BCUT2D eigenvalue weighted by Crippen LogP contribution is 2.33. The fourth-order valence-electron chi connectivity index (χ4n) is 2.68. The molecule has 0 fully saturated rings. The van der Waals surface area contributed by atoms with Crippen molar-refractivity contribution in [2.24, 2.45) is 0 Å². The van der Waals surface area contributed by atoms with Gasteiger partial charge in [0, 0.05) is 17.8 Å². The van der Waals surface area contributed by atoms with Crippen molar-refractivity contribution in [3.05, 3.63) is 23.2 Å². The summed E-state index contributed by atoms with van der Waals surface area (Å²) >= 11 is 5.91. The molecule has 0 aliphatic carbocycles. The van der Waals surface area contributed by atoms with Crippen molar-refractivity contribution in [1.82, 2.24) is 9.97 Å². The first-order valence-electron chi connectivity index (χ1n) is 8.10. The van der Waals surface area contributed by atoms with Crippen LogP contribution in [0.4, 0.5) is 0 Å². The molecule has 1 unspecified atom stereocenters. The van der Waals surface area contributed by atoms with Gasteiger partial charge in [0.2, 0.25) is 0 Å². The molecule has 0 amide bonds. The number of halogens is 1. The summed E-state index contributed by atoms with van der Waals surface area (Å²) in [6.07, 6.45) is 14.8. The Bertz CT molecular complexity index is 364. The zero-order chi connectivity index (χ0) is 14.8. The Morgan fingerprint density at radius 3 is 1.95 bits per heavy atom. The normalized spacial score (nSPS) is 14.2. The fraction of sp³-hybridized carbons (Fsp3) is 0.765. The summed E-state index contributed by atoms with van der Waals surface area (Å²) in [7, 11) is 0. The van der Waals surface area contributed by atoms with Gasteiger partial charge in [0.25, 0.3) is 0 Å². The SMILES string of the molecule is CCCCCCC(C)(CCCCC)c1ncc(Cl)cn1. The van der Waals surface area contributed by atoms with E-state index in [1.807, 2.05) is 0 Å². The van der Waals surface area contributed by atoms with Crippen molar-refractivity contribution in [2.75, 3.05) is 0 Å². The highest BCUT2D eigenvalue weighted by Gasteiger charge is 2.28. The molecule has 20 heavy (non-hydrogen) atoms. The third-order valence-corrected chi connectivity index (χ3v) is 4.27. The molecule has 1 aromatic rings. The van der Waals surface area contributed by atoms with Gasteiger partial charge in [-0.3, -0.25) is 0 Å². The number of aromatic nitrogens is 2. The fourth-order valence-corrected chi connectivity index (χ4v) is 2.78. The van der Waals surface area contributed by atoms with Gasteiger partial charge in [0.15, 0.2) is 0 Å². The smallest absolute Gasteiger partial charge is 0.134 e. The summed E-state index contributed by atoms with van der Waals surface area (Å²) in [5.41, 5.74) is 0.105. The van der Waals surface area contributed by atoms with Crippen molar-refractivity contribution in [3.8, 4) is 0 Å². The summed E-state index contributed by atoms with van der Waals surface area (Å²) in [4.78, 5) is 8.97. The van der Waals surface area contributed by atoms with E-state index in [0.29, 0.717) is 5.02 Å². The number of unbranched alkanes of at least 4 members (excludes halogenated alkanes) is 5. The van der Waals surface area contributed by atoms with E-state index in [0.717, 1.165) is 5.82 Å². The molecule has 0 saturated heterocycles. The van der Waals surface area contributed by atoms with E-state index >= 15 is 0 Å². The summed E-state index contributed by atoms with van der Waals surface area (Å²) in [5, 5.41) is 0.621. The number of rotatable bonds is 10. The van der Waals surface area contributed by atoms with Gasteiger partial charge in [-0.25, -0.2) is 9.97 Å². The minimum atomic E-state index is 0.105. The topological polar surface area (TPSA) is 25.8 Å². The van der Waals surface area contributed by atoms with E-state index in [4.69, 9.17) is 11.6 Å². The molecule has 0 bridgehead atoms. The second-order valence-corrected chi connectivity index (χ2v) is 6.49. The van der Waals surface area contributed by atoms with E-state index in [2.05, 4.69) is 30.7 Å². The molecule has 0 radical (unpaired) electrons. The van der Waals surface area contributed by atoms with Crippen LogP contribution in [0.25, 0.3) is 0 Å². The Kier molecular flexibility index (Phi) is 8.13. The minimum absolute atomic E-state index is 0.105. The Morgan fingerprint density at radius 1 is 0.900 bits per heavy atom. The first-order valence-corrected chi connectivity index (χ1v) is 8.48. The number of hydrogen-bond donors (Lipinski definition) is 0. The third kappa shape index (κ3) is 5.78. The average Bonchev–Trinajstić information content (AvgIpc) is 2.45. The molecule has 1 atom stereocenters. The van der Waals surface area contributed by atoms with Crippen LogP contribution in [0.5, 0.6) is 0 Å². The monoisotopic (exact) mass is 296 g/mol. The van der Waals surface area contributed by atoms with Crippen LogP contribution in [-0.2, 0) is 5.41 Å². The number of hydrogen-bond acceptors (Lipinski definition) is 2. The standard InChI is InChI=1S/C17H29ClN2/c1-4-6-8-10-12-17(3,11-9-7-5-2)16-19-13-15(18)14-20-16/h13-14H,4-12H2,1-3H3. The molecule has 1 rings (SSSR count). The van der Waals surface area contributed by atoms with E-state index in [-0.39, 0.29) is 5.41 Å². The molecule has 0 N–H and O–H groups in total. The Hall–Kier alpha value is -0.630. The molecule has 3 heteroatoms. The van der Waals surface area contributed by atoms with Gasteiger partial charge in [0.05, 0.1) is 5.02 Å². The van der Waals surface area contributed by atoms with E-state index in [1.54, 1.807) is 12.4 Å². The summed E-state index contributed by atoms with van der Waals surface area (Å²) < 4.78 is 0. The lowest BCUT2D eigenvalue weighted by molar-refractivity contribution is 0.347. The van der Waals surface area contributed by atoms with E-state index in [9.17, 15) is 0 Å². The maximum Gasteiger partial charge on any atom is 0.134 e. The summed E-state index contributed by atoms with van der Waals surface area (Å²) in [6.45, 7) is 6.82. The van der Waals surface area contributed by atoms with Gasteiger partial charge < -0.3 is 0 Å². The van der Waals surface area contributed by atoms with Gasteiger partial charge in [0.1, 0.15) is 5.82 Å². The predicted octanol–water partition coefficient (Wildman–Crippen LogP) is 5.94. The first kappa shape index (κ1) is 17.4. The lowest BCUT2D eigenvalue weighted by Crippen LogP contribution is -2.25. The first-order chi connectivity index (χ1) is 9.62. The maximum atomic E-state index is 5.91. The van der Waals surface area contributed by atoms with Gasteiger partial charge in [-0.15, -0.1) is 0 Å². The third-order valence-electron chi connectivity index (χ3n) is 4.07. The van der Waals surface area contributed by atoms with Crippen molar-refractivity contribution >= 4 is 11.6 Å². The Balaban J connectivity index is 2.68. The largest absolute Gasteiger partial charge is 0.239 e. The minimum Gasteiger partial charge on any atom is -0.239 e. The molecule has 1 aromatic heterocycles. The van der Waals surface area contributed by atoms with Crippen molar-refractivity contribution in [1.29, 1.82) is 0 Å². The molecular weight excluding hydrogens is 268 g/mol. The highest BCUT2D eigenvalue weighted by atomic mass is 35.5. The van der Waals surface area contributed by atoms with Crippen LogP contribution in [0.3, 0.4) is 0 Å². The van der Waals surface area contributed by atoms with Crippen LogP contribution in [0.2, 0.25) is 5.02 Å². The molecule has 0 aliphatic rings. The van der Waals surface area contributed by atoms with Gasteiger partial charge in [-0.1, -0.05) is 77.3 Å². The van der Waals surface area contributed by atoms with Gasteiger partial charge >= 0.3 is 0 Å². The average molecular weight is 297 g/mol. The molecule has 0 aromatic carbocycles. The molecule has 0 spiro atoms. The Morgan fingerprint density at radius 2 is 1.40 bits per heavy atom. The van der Waals surface area contributed by atoms with E-state index < -0.39 is 0 Å². The van der Waals surface area contributed by atoms with Crippen LogP contribution >= 0.6 is 11.6 Å². The molecule has 1 heterocycles. The zero-order valence-corrected chi connectivity index (χ0v) is 14.0. The van der Waals surface area contributed by atoms with Crippen LogP contribution in [-0.4, -0.2) is 9.97 Å². The zero-order valence-electron chi connectivity index (χ0n) is 13.3. The summed E-state index contributed by atoms with van der Waals surface area (Å²) in [6, 6.07) is 0. The second kappa shape index (κ2) is 9.33. The molecule has 0 aliphatic heterocycles. The Labute approximate surface area is 129 Å². The molecule has 2 nitrogen and oxygen atoms in total. The molecular formula is C17H29ClN2. The van der Waals surface area contributed by atoms with Crippen LogP contribution in [0.1, 0.15) is 84.4 Å². The van der Waals surface area contributed by atoms with Crippen LogP contribution in [0, 0.1) is 0 Å². The van der Waals surface area contributed by atoms with Gasteiger partial charge in [-0.2, -0.15) is 0 Å². The van der Waals surface area contributed by atoms with Crippen LogP contribution < -0.4 is 0 Å². The van der Waals surface area contributed by atoms with E-state index in [1.165, 1.54) is 57.8 Å². The van der Waals surface area contributed by atoms with Crippen molar-refractivity contribution in [2.45, 2.75) is 84.0 Å². The number of nitrogens with zero attached hydrogens (tertiary/aromatic N) is 2. The lowest BCUT2D eigenvalue weighted by Gasteiger charge is -2.28. The van der Waals surface area contributed by atoms with Gasteiger partial charge in [-0.05, 0) is 12.8 Å². The quantitative estimate of drug-likeness (QED) is 0.499. The maximum absolute atomic E-state index is 5.91. The summed E-state index contributed by atoms with van der Waals surface area (Å²) in [5.74, 6) is 0.967. The second-order valence-electron chi connectivity index (χ2n) is 6.05. The predicted molar refractivity (Wildman–Crippen MR) is 87.3 cm³/mol. The van der Waals surface area contributed by atoms with Crippen molar-refractivity contribution in [3.63, 3.8) is 0 Å². The highest BCUT2D eigenvalue weighted by molar-refractivity contribution is 6.30.